The van der Waals surface area contributed by atoms with Crippen LogP contribution in [0.1, 0.15) is 19.4 Å². The summed E-state index contributed by atoms with van der Waals surface area (Å²) in [5.74, 6) is 0.819. The van der Waals surface area contributed by atoms with Crippen LogP contribution in [0.15, 0.2) is 29.3 Å². The predicted molar refractivity (Wildman–Crippen MR) is 101 cm³/mol. The van der Waals surface area contributed by atoms with Crippen LogP contribution in [0, 0.1) is 0 Å². The molecule has 120 valence electrons. The van der Waals surface area contributed by atoms with Crippen molar-refractivity contribution in [3.05, 3.63) is 34.9 Å². The molecule has 1 aromatic carbocycles. The molecular weight excluding hydrogens is 401 g/mol. The lowest BCUT2D eigenvalue weighted by atomic mass is 10.1. The maximum absolute atomic E-state index is 6.13. The maximum Gasteiger partial charge on any atom is 0.191 e. The SMILES string of the molecule is CCNC(=NCCOCC)NCCc1ccccc1Cl.I. The molecule has 0 aromatic heterocycles. The second-order valence-electron chi connectivity index (χ2n) is 4.23. The Kier molecular flexibility index (Phi) is 12.8. The average molecular weight is 426 g/mol. The van der Waals surface area contributed by atoms with E-state index >= 15 is 0 Å². The van der Waals surface area contributed by atoms with Crippen LogP contribution >= 0.6 is 35.6 Å². The Morgan fingerprint density at radius 2 is 2.00 bits per heavy atom. The van der Waals surface area contributed by atoms with Gasteiger partial charge in [-0.25, -0.2) is 0 Å². The first-order valence-electron chi connectivity index (χ1n) is 7.11. The van der Waals surface area contributed by atoms with Crippen molar-refractivity contribution in [3.8, 4) is 0 Å². The van der Waals surface area contributed by atoms with E-state index in [4.69, 9.17) is 16.3 Å². The smallest absolute Gasteiger partial charge is 0.191 e. The molecule has 4 nitrogen and oxygen atoms in total. The fraction of sp³-hybridized carbons (Fsp3) is 0.533. The minimum Gasteiger partial charge on any atom is -0.380 e. The number of nitrogens with one attached hydrogen (secondary N) is 2. The molecule has 0 amide bonds. The Labute approximate surface area is 149 Å². The quantitative estimate of drug-likeness (QED) is 0.291. The lowest BCUT2D eigenvalue weighted by Gasteiger charge is -2.11. The van der Waals surface area contributed by atoms with Crippen molar-refractivity contribution < 1.29 is 4.74 Å². The molecular formula is C15H25ClIN3O. The first kappa shape index (κ1) is 20.5. The summed E-state index contributed by atoms with van der Waals surface area (Å²) in [5.41, 5.74) is 1.15. The van der Waals surface area contributed by atoms with Gasteiger partial charge in [0.05, 0.1) is 13.2 Å². The molecule has 0 heterocycles. The van der Waals surface area contributed by atoms with Gasteiger partial charge in [-0.1, -0.05) is 29.8 Å². The number of benzene rings is 1. The zero-order valence-corrected chi connectivity index (χ0v) is 15.8. The summed E-state index contributed by atoms with van der Waals surface area (Å²) in [4.78, 5) is 4.44. The van der Waals surface area contributed by atoms with Gasteiger partial charge in [0.2, 0.25) is 0 Å². The summed E-state index contributed by atoms with van der Waals surface area (Å²) >= 11 is 6.13. The molecule has 6 heteroatoms. The molecule has 0 unspecified atom stereocenters. The Morgan fingerprint density at radius 3 is 2.67 bits per heavy atom. The van der Waals surface area contributed by atoms with Crippen LogP contribution in [0.25, 0.3) is 0 Å². The highest BCUT2D eigenvalue weighted by atomic mass is 127. The predicted octanol–water partition coefficient (Wildman–Crippen LogP) is 3.09. The highest BCUT2D eigenvalue weighted by Gasteiger charge is 2.00. The van der Waals surface area contributed by atoms with E-state index in [1.165, 1.54) is 0 Å². The van der Waals surface area contributed by atoms with E-state index in [1.54, 1.807) is 0 Å². The van der Waals surface area contributed by atoms with Crippen LogP contribution in [0.4, 0.5) is 0 Å². The fourth-order valence-corrected chi connectivity index (χ4v) is 1.96. The number of rotatable bonds is 8. The van der Waals surface area contributed by atoms with Gasteiger partial charge in [-0.3, -0.25) is 4.99 Å². The molecule has 0 radical (unpaired) electrons. The summed E-state index contributed by atoms with van der Waals surface area (Å²) in [7, 11) is 0. The van der Waals surface area contributed by atoms with E-state index in [2.05, 4.69) is 15.6 Å². The van der Waals surface area contributed by atoms with Crippen molar-refractivity contribution in [1.29, 1.82) is 0 Å². The summed E-state index contributed by atoms with van der Waals surface area (Å²) in [6, 6.07) is 7.91. The van der Waals surface area contributed by atoms with E-state index in [-0.39, 0.29) is 24.0 Å². The molecule has 0 aliphatic carbocycles. The topological polar surface area (TPSA) is 45.7 Å². The Bertz CT molecular complexity index is 416. The first-order chi connectivity index (χ1) is 9.77. The minimum atomic E-state index is 0. The Hall–Kier alpha value is -0.530. The van der Waals surface area contributed by atoms with Crippen molar-refractivity contribution in [1.82, 2.24) is 10.6 Å². The number of hydrogen-bond donors (Lipinski definition) is 2. The van der Waals surface area contributed by atoms with Crippen LogP contribution in [-0.4, -0.2) is 38.8 Å². The summed E-state index contributed by atoms with van der Waals surface area (Å²) in [6.07, 6.45) is 0.871. The second-order valence-corrected chi connectivity index (χ2v) is 4.63. The molecule has 1 rings (SSSR count). The number of halogens is 2. The van der Waals surface area contributed by atoms with E-state index in [0.717, 1.165) is 42.7 Å². The van der Waals surface area contributed by atoms with E-state index in [1.807, 2.05) is 38.1 Å². The van der Waals surface area contributed by atoms with Crippen molar-refractivity contribution in [3.63, 3.8) is 0 Å². The summed E-state index contributed by atoms with van der Waals surface area (Å²) < 4.78 is 5.27. The van der Waals surface area contributed by atoms with Gasteiger partial charge in [-0.05, 0) is 31.9 Å². The maximum atomic E-state index is 6.13. The molecule has 0 fully saturated rings. The van der Waals surface area contributed by atoms with Gasteiger partial charge >= 0.3 is 0 Å². The Balaban J connectivity index is 0.00000400. The van der Waals surface area contributed by atoms with Crippen LogP contribution in [0.2, 0.25) is 5.02 Å². The minimum absolute atomic E-state index is 0. The van der Waals surface area contributed by atoms with Crippen LogP contribution in [-0.2, 0) is 11.2 Å². The van der Waals surface area contributed by atoms with Crippen molar-refractivity contribution in [2.75, 3.05) is 32.8 Å². The second kappa shape index (κ2) is 13.2. The number of ether oxygens (including phenoxy) is 1. The number of aliphatic imine (C=N–C) groups is 1. The van der Waals surface area contributed by atoms with Crippen molar-refractivity contribution in [2.45, 2.75) is 20.3 Å². The van der Waals surface area contributed by atoms with E-state index in [9.17, 15) is 0 Å². The van der Waals surface area contributed by atoms with Gasteiger partial charge in [-0.2, -0.15) is 0 Å². The highest BCUT2D eigenvalue weighted by Crippen LogP contribution is 2.14. The van der Waals surface area contributed by atoms with Crippen LogP contribution in [0.3, 0.4) is 0 Å². The van der Waals surface area contributed by atoms with Gasteiger partial charge in [0.1, 0.15) is 0 Å². The largest absolute Gasteiger partial charge is 0.380 e. The molecule has 0 saturated carbocycles. The van der Waals surface area contributed by atoms with Crippen molar-refractivity contribution in [2.24, 2.45) is 4.99 Å². The lowest BCUT2D eigenvalue weighted by molar-refractivity contribution is 0.155. The highest BCUT2D eigenvalue weighted by molar-refractivity contribution is 14.0. The molecule has 0 spiro atoms. The summed E-state index contributed by atoms with van der Waals surface area (Å²) in [5, 5.41) is 7.32. The summed E-state index contributed by atoms with van der Waals surface area (Å²) in [6.45, 7) is 7.71. The number of guanidine groups is 1. The first-order valence-corrected chi connectivity index (χ1v) is 7.49. The molecule has 0 saturated heterocycles. The van der Waals surface area contributed by atoms with Crippen LogP contribution < -0.4 is 10.6 Å². The van der Waals surface area contributed by atoms with Crippen LogP contribution in [0.5, 0.6) is 0 Å². The fourth-order valence-electron chi connectivity index (χ4n) is 1.72. The normalized spacial score (nSPS) is 10.9. The third-order valence-electron chi connectivity index (χ3n) is 2.70. The molecule has 21 heavy (non-hydrogen) atoms. The van der Waals surface area contributed by atoms with Gasteiger partial charge in [0.15, 0.2) is 5.96 Å². The lowest BCUT2D eigenvalue weighted by Crippen LogP contribution is -2.38. The average Bonchev–Trinajstić information content (AvgIpc) is 2.45. The number of nitrogens with zero attached hydrogens (tertiary/aromatic N) is 1. The van der Waals surface area contributed by atoms with E-state index in [0.29, 0.717) is 13.2 Å². The van der Waals surface area contributed by atoms with Gasteiger partial charge in [-0.15, -0.1) is 24.0 Å². The zero-order chi connectivity index (χ0) is 14.6. The molecule has 1 aromatic rings. The standard InChI is InChI=1S/C15H24ClN3O.HI/c1-3-17-15(19-11-12-20-4-2)18-10-9-13-7-5-6-8-14(13)16;/h5-8H,3-4,9-12H2,1-2H3,(H2,17,18,19);1H. The molecule has 0 bridgehead atoms. The third kappa shape index (κ3) is 9.16. The molecule has 0 aliphatic heterocycles. The molecule has 0 aliphatic rings. The monoisotopic (exact) mass is 425 g/mol. The van der Waals surface area contributed by atoms with Gasteiger partial charge in [0, 0.05) is 24.7 Å². The third-order valence-corrected chi connectivity index (χ3v) is 3.07. The Morgan fingerprint density at radius 1 is 1.24 bits per heavy atom. The van der Waals surface area contributed by atoms with E-state index < -0.39 is 0 Å². The van der Waals surface area contributed by atoms with Crippen molar-refractivity contribution >= 4 is 41.5 Å². The molecule has 0 atom stereocenters. The van der Waals surface area contributed by atoms with Gasteiger partial charge < -0.3 is 15.4 Å². The molecule has 2 N–H and O–H groups in total. The zero-order valence-electron chi connectivity index (χ0n) is 12.7. The number of hydrogen-bond acceptors (Lipinski definition) is 2. The van der Waals surface area contributed by atoms with Gasteiger partial charge in [0.25, 0.3) is 0 Å².